The number of imidazole rings is 1. The number of aromatic amines is 1. The normalized spacial score (nSPS) is 15.2. The highest BCUT2D eigenvalue weighted by Gasteiger charge is 2.32. The Balaban J connectivity index is 1.37. The van der Waals surface area contributed by atoms with Gasteiger partial charge in [0.2, 0.25) is 5.88 Å². The van der Waals surface area contributed by atoms with Crippen molar-refractivity contribution in [1.29, 1.82) is 0 Å². The number of fused-ring (bicyclic) bond motifs is 1. The summed E-state index contributed by atoms with van der Waals surface area (Å²) in [6.45, 7) is 1.90. The number of nitrogens with zero attached hydrogens (tertiary/aromatic N) is 4. The van der Waals surface area contributed by atoms with Gasteiger partial charge in [-0.15, -0.1) is 0 Å². The number of aromatic nitrogens is 5. The lowest BCUT2D eigenvalue weighted by Crippen LogP contribution is -2.20. The summed E-state index contributed by atoms with van der Waals surface area (Å²) in [6, 6.07) is 7.96. The first kappa shape index (κ1) is 21.4. The molecule has 0 saturated heterocycles. The Hall–Kier alpha value is -3.49. The van der Waals surface area contributed by atoms with Crippen LogP contribution in [-0.4, -0.2) is 31.0 Å². The number of aryl methyl sites for hydroxylation is 1. The molecule has 5 rings (SSSR count). The first-order valence-corrected chi connectivity index (χ1v) is 10.9. The number of rotatable bonds is 4. The van der Waals surface area contributed by atoms with Crippen molar-refractivity contribution < 1.29 is 17.9 Å². The fraction of sp³-hybridized carbons (Fsp3) is 0.333. The minimum atomic E-state index is -4.52. The van der Waals surface area contributed by atoms with Gasteiger partial charge in [0.15, 0.2) is 5.65 Å². The average Bonchev–Trinajstić information content (AvgIpc) is 3.23. The van der Waals surface area contributed by atoms with Gasteiger partial charge in [0, 0.05) is 29.6 Å². The van der Waals surface area contributed by atoms with Crippen LogP contribution in [0.3, 0.4) is 0 Å². The Bertz CT molecular complexity index is 1280. The molecule has 6 nitrogen and oxygen atoms in total. The molecule has 1 N–H and O–H groups in total. The van der Waals surface area contributed by atoms with Crippen molar-refractivity contribution in [1.82, 2.24) is 24.9 Å². The fourth-order valence-electron chi connectivity index (χ4n) is 4.10. The Kier molecular flexibility index (Phi) is 5.47. The second-order valence-corrected chi connectivity index (χ2v) is 8.30. The Morgan fingerprint density at radius 3 is 2.48 bits per heavy atom. The standard InChI is InChI=1S/C24H22F3N5O/c1-14-11-19(15-7-10-21(29-12-15)33-16-5-3-2-4-6-16)28-13-17(14)22-30-18-8-9-20(24(25,26)27)31-23(18)32-22/h7-13,16H,2-6H2,1H3,(H,30,31,32). The van der Waals surface area contributed by atoms with Crippen LogP contribution in [0.1, 0.15) is 43.4 Å². The number of hydrogen-bond donors (Lipinski definition) is 1. The lowest BCUT2D eigenvalue weighted by Gasteiger charge is -2.22. The predicted molar refractivity (Wildman–Crippen MR) is 118 cm³/mol. The van der Waals surface area contributed by atoms with E-state index >= 15 is 0 Å². The van der Waals surface area contributed by atoms with Crippen LogP contribution in [0.2, 0.25) is 0 Å². The third-order valence-electron chi connectivity index (χ3n) is 5.87. The molecule has 0 atom stereocenters. The quantitative estimate of drug-likeness (QED) is 0.403. The van der Waals surface area contributed by atoms with E-state index in [-0.39, 0.29) is 11.8 Å². The summed E-state index contributed by atoms with van der Waals surface area (Å²) in [5.74, 6) is 1.04. The van der Waals surface area contributed by atoms with Crippen LogP contribution in [0.5, 0.6) is 5.88 Å². The van der Waals surface area contributed by atoms with Crippen molar-refractivity contribution in [3.63, 3.8) is 0 Å². The smallest absolute Gasteiger partial charge is 0.433 e. The summed E-state index contributed by atoms with van der Waals surface area (Å²) in [7, 11) is 0. The second kappa shape index (κ2) is 8.46. The van der Waals surface area contributed by atoms with Crippen LogP contribution in [0, 0.1) is 6.92 Å². The molecule has 0 aliphatic heterocycles. The lowest BCUT2D eigenvalue weighted by atomic mass is 9.98. The van der Waals surface area contributed by atoms with Crippen molar-refractivity contribution >= 4 is 11.2 Å². The minimum Gasteiger partial charge on any atom is -0.474 e. The van der Waals surface area contributed by atoms with Crippen molar-refractivity contribution in [3.8, 4) is 28.5 Å². The van der Waals surface area contributed by atoms with Crippen LogP contribution in [-0.2, 0) is 6.18 Å². The second-order valence-electron chi connectivity index (χ2n) is 8.30. The predicted octanol–water partition coefficient (Wildman–Crippen LogP) is 6.12. The minimum absolute atomic E-state index is 0.0149. The third kappa shape index (κ3) is 4.53. The van der Waals surface area contributed by atoms with Gasteiger partial charge in [-0.25, -0.2) is 15.0 Å². The third-order valence-corrected chi connectivity index (χ3v) is 5.87. The number of hydrogen-bond acceptors (Lipinski definition) is 5. The van der Waals surface area contributed by atoms with Gasteiger partial charge < -0.3 is 9.72 Å². The largest absolute Gasteiger partial charge is 0.474 e. The molecular weight excluding hydrogens is 431 g/mol. The summed E-state index contributed by atoms with van der Waals surface area (Å²) in [4.78, 5) is 19.9. The van der Waals surface area contributed by atoms with Gasteiger partial charge in [-0.2, -0.15) is 13.2 Å². The monoisotopic (exact) mass is 453 g/mol. The van der Waals surface area contributed by atoms with Gasteiger partial charge in [-0.1, -0.05) is 6.42 Å². The number of H-pyrrole nitrogens is 1. The van der Waals surface area contributed by atoms with Crippen LogP contribution in [0.4, 0.5) is 13.2 Å². The van der Waals surface area contributed by atoms with E-state index in [1.807, 2.05) is 25.1 Å². The molecule has 33 heavy (non-hydrogen) atoms. The van der Waals surface area contributed by atoms with E-state index in [0.717, 1.165) is 35.7 Å². The van der Waals surface area contributed by atoms with E-state index in [1.165, 1.54) is 25.3 Å². The van der Waals surface area contributed by atoms with Gasteiger partial charge in [-0.05, 0) is 62.4 Å². The Morgan fingerprint density at radius 2 is 1.79 bits per heavy atom. The average molecular weight is 453 g/mol. The van der Waals surface area contributed by atoms with E-state index in [1.54, 1.807) is 12.4 Å². The van der Waals surface area contributed by atoms with Crippen LogP contribution in [0.15, 0.2) is 42.7 Å². The van der Waals surface area contributed by atoms with E-state index in [4.69, 9.17) is 4.74 Å². The molecular formula is C24H22F3N5O. The number of nitrogens with one attached hydrogen (secondary N) is 1. The molecule has 1 aliphatic carbocycles. The molecule has 1 saturated carbocycles. The maximum atomic E-state index is 12.9. The highest BCUT2D eigenvalue weighted by molar-refractivity contribution is 5.77. The number of halogens is 3. The summed E-state index contributed by atoms with van der Waals surface area (Å²) in [5.41, 5.74) is 2.62. The van der Waals surface area contributed by atoms with E-state index in [0.29, 0.717) is 22.8 Å². The highest BCUT2D eigenvalue weighted by Crippen LogP contribution is 2.31. The number of ether oxygens (including phenoxy) is 1. The first-order chi connectivity index (χ1) is 15.9. The maximum Gasteiger partial charge on any atom is 0.433 e. The van der Waals surface area contributed by atoms with Crippen molar-refractivity contribution in [2.45, 2.75) is 51.3 Å². The Labute approximate surface area is 188 Å². The van der Waals surface area contributed by atoms with Crippen LogP contribution >= 0.6 is 0 Å². The first-order valence-electron chi connectivity index (χ1n) is 10.9. The number of pyridine rings is 3. The molecule has 0 amide bonds. The van der Waals surface area contributed by atoms with Crippen molar-refractivity contribution in [2.24, 2.45) is 0 Å². The molecule has 1 aliphatic rings. The molecule has 4 aromatic rings. The van der Waals surface area contributed by atoms with E-state index in [9.17, 15) is 13.2 Å². The summed E-state index contributed by atoms with van der Waals surface area (Å²) in [6.07, 6.45) is 4.92. The van der Waals surface area contributed by atoms with Gasteiger partial charge in [0.25, 0.3) is 0 Å². The molecule has 0 radical (unpaired) electrons. The summed E-state index contributed by atoms with van der Waals surface area (Å²) in [5, 5.41) is 0. The highest BCUT2D eigenvalue weighted by atomic mass is 19.4. The fourth-order valence-corrected chi connectivity index (χ4v) is 4.10. The zero-order valence-corrected chi connectivity index (χ0v) is 18.0. The molecule has 0 bridgehead atoms. The zero-order chi connectivity index (χ0) is 23.0. The van der Waals surface area contributed by atoms with E-state index < -0.39 is 11.9 Å². The van der Waals surface area contributed by atoms with Crippen LogP contribution in [0.25, 0.3) is 33.8 Å². The Morgan fingerprint density at radius 1 is 0.970 bits per heavy atom. The molecule has 9 heteroatoms. The van der Waals surface area contributed by atoms with Crippen molar-refractivity contribution in [3.05, 3.63) is 54.0 Å². The van der Waals surface area contributed by atoms with Crippen molar-refractivity contribution in [2.75, 3.05) is 0 Å². The topological polar surface area (TPSA) is 76.6 Å². The molecule has 0 spiro atoms. The van der Waals surface area contributed by atoms with Gasteiger partial charge in [-0.3, -0.25) is 4.98 Å². The molecule has 4 aromatic heterocycles. The zero-order valence-electron chi connectivity index (χ0n) is 18.0. The molecule has 4 heterocycles. The molecule has 0 unspecified atom stereocenters. The molecule has 170 valence electrons. The molecule has 0 aromatic carbocycles. The summed E-state index contributed by atoms with van der Waals surface area (Å²) >= 11 is 0. The lowest BCUT2D eigenvalue weighted by molar-refractivity contribution is -0.141. The maximum absolute atomic E-state index is 12.9. The van der Waals surface area contributed by atoms with Gasteiger partial charge in [0.1, 0.15) is 17.6 Å². The SMILES string of the molecule is Cc1cc(-c2ccc(OC3CCCCC3)nc2)ncc1-c1nc2nc(C(F)(F)F)ccc2[nH]1. The number of alkyl halides is 3. The van der Waals surface area contributed by atoms with Crippen LogP contribution < -0.4 is 4.74 Å². The van der Waals surface area contributed by atoms with Gasteiger partial charge in [0.05, 0.1) is 11.2 Å². The van der Waals surface area contributed by atoms with Gasteiger partial charge >= 0.3 is 6.18 Å². The molecule has 1 fully saturated rings. The van der Waals surface area contributed by atoms with E-state index in [2.05, 4.69) is 24.9 Å². The summed E-state index contributed by atoms with van der Waals surface area (Å²) < 4.78 is 44.8.